The molecule has 0 saturated heterocycles. The molecule has 1 aliphatic carbocycles. The van der Waals surface area contributed by atoms with E-state index in [2.05, 4.69) is 20.8 Å². The van der Waals surface area contributed by atoms with Gasteiger partial charge in [-0.25, -0.2) is 0 Å². The van der Waals surface area contributed by atoms with E-state index in [9.17, 15) is 5.11 Å². The van der Waals surface area contributed by atoms with Gasteiger partial charge in [-0.15, -0.1) is 0 Å². The van der Waals surface area contributed by atoms with Crippen LogP contribution < -0.4 is 5.73 Å². The largest absolute Gasteiger partial charge is 0.396 e. The molecule has 1 unspecified atom stereocenters. The van der Waals surface area contributed by atoms with E-state index in [4.69, 9.17) is 5.73 Å². The van der Waals surface area contributed by atoms with Gasteiger partial charge in [0.25, 0.3) is 0 Å². The van der Waals surface area contributed by atoms with Crippen molar-refractivity contribution in [2.45, 2.75) is 65.3 Å². The number of aliphatic hydroxyl groups excluding tert-OH is 1. The van der Waals surface area contributed by atoms with Gasteiger partial charge in [0.2, 0.25) is 0 Å². The maximum atomic E-state index is 9.20. The van der Waals surface area contributed by atoms with Gasteiger partial charge in [0.1, 0.15) is 0 Å². The number of hydrogen-bond acceptors (Lipinski definition) is 2. The summed E-state index contributed by atoms with van der Waals surface area (Å²) in [4.78, 5) is 0. The van der Waals surface area contributed by atoms with Crippen LogP contribution in [0.3, 0.4) is 0 Å². The molecule has 1 aliphatic rings. The van der Waals surface area contributed by atoms with E-state index in [0.717, 1.165) is 12.8 Å². The fraction of sp³-hybridized carbons (Fsp3) is 1.00. The van der Waals surface area contributed by atoms with Crippen LogP contribution in [0.5, 0.6) is 0 Å². The second-order valence-corrected chi connectivity index (χ2v) is 6.01. The summed E-state index contributed by atoms with van der Waals surface area (Å²) in [6.45, 7) is 7.12. The first-order chi connectivity index (χ1) is 6.96. The van der Waals surface area contributed by atoms with Gasteiger partial charge in [0, 0.05) is 12.6 Å². The molecule has 0 amide bonds. The predicted molar refractivity (Wildman–Crippen MR) is 64.7 cm³/mol. The topological polar surface area (TPSA) is 46.2 Å². The third kappa shape index (κ3) is 2.94. The Balaban J connectivity index is 2.68. The zero-order chi connectivity index (χ0) is 11.5. The van der Waals surface area contributed by atoms with Crippen molar-refractivity contribution in [3.05, 3.63) is 0 Å². The van der Waals surface area contributed by atoms with Gasteiger partial charge >= 0.3 is 0 Å². The zero-order valence-corrected chi connectivity index (χ0v) is 10.6. The van der Waals surface area contributed by atoms with Crippen LogP contribution in [0.4, 0.5) is 0 Å². The van der Waals surface area contributed by atoms with Crippen LogP contribution in [0, 0.1) is 10.8 Å². The summed E-state index contributed by atoms with van der Waals surface area (Å²) >= 11 is 0. The van der Waals surface area contributed by atoms with Crippen molar-refractivity contribution in [1.82, 2.24) is 0 Å². The van der Waals surface area contributed by atoms with E-state index >= 15 is 0 Å². The summed E-state index contributed by atoms with van der Waals surface area (Å²) in [6.07, 6.45) is 6.80. The molecule has 90 valence electrons. The first-order valence-corrected chi connectivity index (χ1v) is 6.32. The van der Waals surface area contributed by atoms with Gasteiger partial charge in [-0.3, -0.25) is 0 Å². The molecule has 0 aromatic heterocycles. The quantitative estimate of drug-likeness (QED) is 0.754. The molecule has 3 N–H and O–H groups in total. The molecule has 2 heteroatoms. The highest BCUT2D eigenvalue weighted by Gasteiger charge is 2.41. The van der Waals surface area contributed by atoms with E-state index in [1.165, 1.54) is 25.7 Å². The van der Waals surface area contributed by atoms with Crippen LogP contribution in [0.15, 0.2) is 0 Å². The summed E-state index contributed by atoms with van der Waals surface area (Å²) < 4.78 is 0. The van der Waals surface area contributed by atoms with Crippen molar-refractivity contribution in [2.24, 2.45) is 16.6 Å². The number of nitrogens with two attached hydrogens (primary N) is 1. The summed E-state index contributed by atoms with van der Waals surface area (Å²) in [5, 5.41) is 9.20. The Hall–Kier alpha value is -0.0800. The lowest BCUT2D eigenvalue weighted by atomic mass is 9.60. The lowest BCUT2D eigenvalue weighted by molar-refractivity contribution is 0.0484. The second kappa shape index (κ2) is 4.84. The molecule has 1 saturated carbocycles. The van der Waals surface area contributed by atoms with E-state index in [-0.39, 0.29) is 18.1 Å². The summed E-state index contributed by atoms with van der Waals surface area (Å²) in [6, 6.07) is 0.265. The Kier molecular flexibility index (Phi) is 4.19. The Labute approximate surface area is 94.2 Å². The molecule has 0 spiro atoms. The van der Waals surface area contributed by atoms with Gasteiger partial charge in [0.05, 0.1) is 0 Å². The summed E-state index contributed by atoms with van der Waals surface area (Å²) in [5.74, 6) is 0. The Morgan fingerprint density at radius 3 is 2.13 bits per heavy atom. The summed E-state index contributed by atoms with van der Waals surface area (Å²) in [5.41, 5.74) is 6.95. The molecule has 0 bridgehead atoms. The lowest BCUT2D eigenvalue weighted by Gasteiger charge is -2.46. The molecular weight excluding hydrogens is 186 g/mol. The van der Waals surface area contributed by atoms with Crippen LogP contribution in [0.1, 0.15) is 59.3 Å². The van der Waals surface area contributed by atoms with Crippen molar-refractivity contribution in [3.63, 3.8) is 0 Å². The highest BCUT2D eigenvalue weighted by atomic mass is 16.3. The van der Waals surface area contributed by atoms with Gasteiger partial charge in [0.15, 0.2) is 0 Å². The minimum absolute atomic E-state index is 0.221. The third-order valence-corrected chi connectivity index (χ3v) is 4.44. The average Bonchev–Trinajstić information content (AvgIpc) is 2.21. The molecule has 0 aromatic carbocycles. The monoisotopic (exact) mass is 213 g/mol. The standard InChI is InChI=1S/C13H27NO/c1-4-11(14)13(9-10-15)7-5-12(2,3)6-8-13/h11,15H,4-10,14H2,1-3H3. The van der Waals surface area contributed by atoms with Crippen LogP contribution in [-0.2, 0) is 0 Å². The fourth-order valence-electron chi connectivity index (χ4n) is 2.89. The Bertz CT molecular complexity index is 191. The van der Waals surface area contributed by atoms with Crippen LogP contribution in [-0.4, -0.2) is 17.8 Å². The molecule has 2 nitrogen and oxygen atoms in total. The van der Waals surface area contributed by atoms with E-state index in [1.807, 2.05) is 0 Å². The number of aliphatic hydroxyl groups is 1. The van der Waals surface area contributed by atoms with Crippen molar-refractivity contribution in [2.75, 3.05) is 6.61 Å². The molecule has 1 fully saturated rings. The van der Waals surface area contributed by atoms with Gasteiger partial charge in [-0.05, 0) is 49.4 Å². The molecular formula is C13H27NO. The third-order valence-electron chi connectivity index (χ3n) is 4.44. The highest BCUT2D eigenvalue weighted by Crippen LogP contribution is 2.48. The average molecular weight is 213 g/mol. The first-order valence-electron chi connectivity index (χ1n) is 6.32. The molecule has 0 radical (unpaired) electrons. The minimum atomic E-state index is 0.221. The first kappa shape index (κ1) is 13.0. The predicted octanol–water partition coefficient (Wildman–Crippen LogP) is 2.69. The van der Waals surface area contributed by atoms with Crippen molar-refractivity contribution < 1.29 is 5.11 Å². The Morgan fingerprint density at radius 1 is 1.20 bits per heavy atom. The fourth-order valence-corrected chi connectivity index (χ4v) is 2.89. The van der Waals surface area contributed by atoms with E-state index in [1.54, 1.807) is 0 Å². The number of hydrogen-bond donors (Lipinski definition) is 2. The lowest BCUT2D eigenvalue weighted by Crippen LogP contribution is -2.45. The van der Waals surface area contributed by atoms with E-state index in [0.29, 0.717) is 5.41 Å². The van der Waals surface area contributed by atoms with Gasteiger partial charge < -0.3 is 10.8 Å². The van der Waals surface area contributed by atoms with Gasteiger partial charge in [-0.2, -0.15) is 0 Å². The van der Waals surface area contributed by atoms with E-state index < -0.39 is 0 Å². The maximum Gasteiger partial charge on any atom is 0.0436 e. The smallest absolute Gasteiger partial charge is 0.0436 e. The molecule has 1 rings (SSSR count). The minimum Gasteiger partial charge on any atom is -0.396 e. The molecule has 0 heterocycles. The van der Waals surface area contributed by atoms with Crippen molar-refractivity contribution >= 4 is 0 Å². The van der Waals surface area contributed by atoms with Crippen molar-refractivity contribution in [1.29, 1.82) is 0 Å². The number of rotatable bonds is 4. The van der Waals surface area contributed by atoms with Crippen LogP contribution in [0.25, 0.3) is 0 Å². The molecule has 1 atom stereocenters. The Morgan fingerprint density at radius 2 is 1.73 bits per heavy atom. The van der Waals surface area contributed by atoms with Crippen LogP contribution >= 0.6 is 0 Å². The highest BCUT2D eigenvalue weighted by molar-refractivity contribution is 4.94. The maximum absolute atomic E-state index is 9.20. The van der Waals surface area contributed by atoms with Crippen molar-refractivity contribution in [3.8, 4) is 0 Å². The second-order valence-electron chi connectivity index (χ2n) is 6.01. The molecule has 0 aliphatic heterocycles. The molecule has 0 aromatic rings. The zero-order valence-electron chi connectivity index (χ0n) is 10.6. The normalized spacial score (nSPS) is 26.2. The SMILES string of the molecule is CCC(N)C1(CCO)CCC(C)(C)CC1. The summed E-state index contributed by atoms with van der Waals surface area (Å²) in [7, 11) is 0. The molecule has 15 heavy (non-hydrogen) atoms. The van der Waals surface area contributed by atoms with Crippen LogP contribution in [0.2, 0.25) is 0 Å². The van der Waals surface area contributed by atoms with Gasteiger partial charge in [-0.1, -0.05) is 20.8 Å².